The lowest BCUT2D eigenvalue weighted by Gasteiger charge is -2.34. The van der Waals surface area contributed by atoms with Gasteiger partial charge in [0.05, 0.1) is 4.92 Å². The van der Waals surface area contributed by atoms with Crippen molar-refractivity contribution < 1.29 is 9.72 Å². The third-order valence-electron chi connectivity index (χ3n) is 4.02. The largest absolute Gasteiger partial charge is 0.333 e. The lowest BCUT2D eigenvalue weighted by molar-refractivity contribution is -0.385. The number of benzene rings is 1. The minimum Gasteiger partial charge on any atom is -0.333 e. The maximum Gasteiger partial charge on any atom is 0.273 e. The van der Waals surface area contributed by atoms with E-state index in [1.165, 1.54) is 6.07 Å². The fourth-order valence-electron chi connectivity index (χ4n) is 2.32. The van der Waals surface area contributed by atoms with Gasteiger partial charge < -0.3 is 4.90 Å². The van der Waals surface area contributed by atoms with E-state index < -0.39 is 4.92 Å². The number of carbonyl (C=O) groups is 1. The van der Waals surface area contributed by atoms with Gasteiger partial charge in [-0.3, -0.25) is 14.9 Å². The highest BCUT2D eigenvalue weighted by Crippen LogP contribution is 2.22. The van der Waals surface area contributed by atoms with Gasteiger partial charge in [-0.15, -0.1) is 0 Å². The first-order chi connectivity index (χ1) is 9.83. The number of nitro groups is 1. The molecular weight excluding hydrogens is 268 g/mol. The van der Waals surface area contributed by atoms with Crippen LogP contribution >= 0.6 is 0 Å². The molecule has 21 heavy (non-hydrogen) atoms. The molecule has 0 aliphatic carbocycles. The van der Waals surface area contributed by atoms with E-state index in [9.17, 15) is 14.9 Å². The van der Waals surface area contributed by atoms with Crippen molar-refractivity contribution in [2.75, 3.05) is 0 Å². The molecule has 0 aliphatic heterocycles. The molecule has 0 fully saturated rings. The minimum atomic E-state index is -0.442. The van der Waals surface area contributed by atoms with Gasteiger partial charge in [0, 0.05) is 29.3 Å². The summed E-state index contributed by atoms with van der Waals surface area (Å²) in [6, 6.07) is 4.90. The van der Waals surface area contributed by atoms with Crippen LogP contribution in [0.1, 0.15) is 56.5 Å². The van der Waals surface area contributed by atoms with Crippen molar-refractivity contribution in [3.05, 3.63) is 39.4 Å². The molecule has 1 aromatic rings. The molecular formula is C16H24N2O3. The highest BCUT2D eigenvalue weighted by molar-refractivity contribution is 5.95. The molecule has 0 bridgehead atoms. The third-order valence-corrected chi connectivity index (χ3v) is 4.02. The second-order valence-electron chi connectivity index (χ2n) is 5.49. The molecule has 0 spiro atoms. The Labute approximate surface area is 126 Å². The Kier molecular flexibility index (Phi) is 5.88. The SMILES string of the molecule is CC[C@H](C)N(C(=O)c1ccc(C)c([N+](=O)[O-])c1)[C@@H](C)CC. The number of hydrogen-bond donors (Lipinski definition) is 0. The van der Waals surface area contributed by atoms with Crippen molar-refractivity contribution in [2.24, 2.45) is 0 Å². The van der Waals surface area contributed by atoms with Crippen LogP contribution in [0.5, 0.6) is 0 Å². The summed E-state index contributed by atoms with van der Waals surface area (Å²) in [4.78, 5) is 25.1. The van der Waals surface area contributed by atoms with E-state index in [2.05, 4.69) is 0 Å². The lowest BCUT2D eigenvalue weighted by Crippen LogP contribution is -2.44. The zero-order chi connectivity index (χ0) is 16.2. The fraction of sp³-hybridized carbons (Fsp3) is 0.562. The highest BCUT2D eigenvalue weighted by atomic mass is 16.6. The Bertz CT molecular complexity index is 518. The van der Waals surface area contributed by atoms with Gasteiger partial charge in [-0.2, -0.15) is 0 Å². The van der Waals surface area contributed by atoms with Gasteiger partial charge in [0.25, 0.3) is 11.6 Å². The number of rotatable bonds is 6. The van der Waals surface area contributed by atoms with Crippen molar-refractivity contribution >= 4 is 11.6 Å². The summed E-state index contributed by atoms with van der Waals surface area (Å²) in [5, 5.41) is 11.0. The molecule has 0 N–H and O–H groups in total. The minimum absolute atomic E-state index is 0.00546. The summed E-state index contributed by atoms with van der Waals surface area (Å²) >= 11 is 0. The Balaban J connectivity index is 3.21. The number of nitro benzene ring substituents is 1. The smallest absolute Gasteiger partial charge is 0.273 e. The Hall–Kier alpha value is -1.91. The van der Waals surface area contributed by atoms with Crippen LogP contribution in [0.4, 0.5) is 5.69 Å². The van der Waals surface area contributed by atoms with Crippen LogP contribution in [0, 0.1) is 17.0 Å². The summed E-state index contributed by atoms with van der Waals surface area (Å²) in [6.45, 7) is 9.75. The third kappa shape index (κ3) is 3.80. The molecule has 0 radical (unpaired) electrons. The van der Waals surface area contributed by atoms with E-state index in [1.54, 1.807) is 19.1 Å². The van der Waals surface area contributed by atoms with Crippen molar-refractivity contribution in [3.63, 3.8) is 0 Å². The number of amides is 1. The van der Waals surface area contributed by atoms with Crippen LogP contribution in [0.25, 0.3) is 0 Å². The van der Waals surface area contributed by atoms with Gasteiger partial charge in [-0.1, -0.05) is 19.9 Å². The number of aryl methyl sites for hydroxylation is 1. The Morgan fingerprint density at radius 1 is 1.24 bits per heavy atom. The normalized spacial score (nSPS) is 13.6. The lowest BCUT2D eigenvalue weighted by atomic mass is 10.0. The maximum atomic E-state index is 12.7. The van der Waals surface area contributed by atoms with Crippen LogP contribution in [-0.2, 0) is 0 Å². The van der Waals surface area contributed by atoms with Gasteiger partial charge in [0.15, 0.2) is 0 Å². The molecule has 116 valence electrons. The van der Waals surface area contributed by atoms with E-state index in [0.29, 0.717) is 11.1 Å². The zero-order valence-electron chi connectivity index (χ0n) is 13.4. The van der Waals surface area contributed by atoms with E-state index in [4.69, 9.17) is 0 Å². The number of carbonyl (C=O) groups excluding carboxylic acids is 1. The van der Waals surface area contributed by atoms with Gasteiger partial charge >= 0.3 is 0 Å². The Morgan fingerprint density at radius 3 is 2.19 bits per heavy atom. The average Bonchev–Trinajstić information content (AvgIpc) is 2.46. The van der Waals surface area contributed by atoms with E-state index in [1.807, 2.05) is 32.6 Å². The molecule has 0 heterocycles. The molecule has 1 aromatic carbocycles. The zero-order valence-corrected chi connectivity index (χ0v) is 13.4. The first-order valence-corrected chi connectivity index (χ1v) is 7.41. The van der Waals surface area contributed by atoms with Crippen LogP contribution in [0.3, 0.4) is 0 Å². The molecule has 0 saturated heterocycles. The molecule has 0 aromatic heterocycles. The summed E-state index contributed by atoms with van der Waals surface area (Å²) in [5.41, 5.74) is 0.942. The summed E-state index contributed by atoms with van der Waals surface area (Å²) in [5.74, 6) is -0.137. The molecule has 0 unspecified atom stereocenters. The molecule has 5 nitrogen and oxygen atoms in total. The monoisotopic (exact) mass is 292 g/mol. The van der Waals surface area contributed by atoms with Crippen molar-refractivity contribution in [1.29, 1.82) is 0 Å². The van der Waals surface area contributed by atoms with Gasteiger partial charge in [0.2, 0.25) is 0 Å². The van der Waals surface area contributed by atoms with Crippen molar-refractivity contribution in [1.82, 2.24) is 4.90 Å². The molecule has 2 atom stereocenters. The fourth-order valence-corrected chi connectivity index (χ4v) is 2.32. The number of hydrogen-bond acceptors (Lipinski definition) is 3. The first kappa shape index (κ1) is 17.1. The van der Waals surface area contributed by atoms with Crippen LogP contribution in [-0.4, -0.2) is 27.8 Å². The Morgan fingerprint density at radius 2 is 1.76 bits per heavy atom. The van der Waals surface area contributed by atoms with Crippen LogP contribution in [0.2, 0.25) is 0 Å². The molecule has 5 heteroatoms. The molecule has 1 amide bonds. The van der Waals surface area contributed by atoms with Gasteiger partial charge in [-0.05, 0) is 39.7 Å². The predicted octanol–water partition coefficient (Wildman–Crippen LogP) is 3.94. The van der Waals surface area contributed by atoms with Gasteiger partial charge in [-0.25, -0.2) is 0 Å². The topological polar surface area (TPSA) is 63.5 Å². The number of nitrogens with zero attached hydrogens (tertiary/aromatic N) is 2. The second-order valence-corrected chi connectivity index (χ2v) is 5.49. The average molecular weight is 292 g/mol. The van der Waals surface area contributed by atoms with Crippen LogP contribution < -0.4 is 0 Å². The molecule has 1 rings (SSSR count). The van der Waals surface area contributed by atoms with E-state index in [-0.39, 0.29) is 23.7 Å². The second kappa shape index (κ2) is 7.20. The van der Waals surface area contributed by atoms with E-state index in [0.717, 1.165) is 12.8 Å². The van der Waals surface area contributed by atoms with Gasteiger partial charge in [0.1, 0.15) is 0 Å². The summed E-state index contributed by atoms with van der Waals surface area (Å²) in [7, 11) is 0. The summed E-state index contributed by atoms with van der Waals surface area (Å²) in [6.07, 6.45) is 1.70. The van der Waals surface area contributed by atoms with Crippen molar-refractivity contribution in [3.8, 4) is 0 Å². The quantitative estimate of drug-likeness (QED) is 0.589. The highest BCUT2D eigenvalue weighted by Gasteiger charge is 2.26. The van der Waals surface area contributed by atoms with Crippen LogP contribution in [0.15, 0.2) is 18.2 Å². The van der Waals surface area contributed by atoms with Crippen molar-refractivity contribution in [2.45, 2.75) is 59.5 Å². The maximum absolute atomic E-state index is 12.7. The molecule has 0 saturated carbocycles. The predicted molar refractivity (Wildman–Crippen MR) is 83.5 cm³/mol. The molecule has 0 aliphatic rings. The standard InChI is InChI=1S/C16H24N2O3/c1-6-12(4)17(13(5)7-2)16(19)14-9-8-11(3)15(10-14)18(20)21/h8-10,12-13H,6-7H2,1-5H3/t12-,13-/m0/s1. The first-order valence-electron chi connectivity index (χ1n) is 7.41. The summed E-state index contributed by atoms with van der Waals surface area (Å²) < 4.78 is 0. The van der Waals surface area contributed by atoms with E-state index >= 15 is 0 Å².